The molecule has 1 heterocycles. The van der Waals surface area contributed by atoms with Crippen molar-refractivity contribution in [2.24, 2.45) is 0 Å². The van der Waals surface area contributed by atoms with E-state index in [2.05, 4.69) is 5.32 Å². The second-order valence-electron chi connectivity index (χ2n) is 5.30. The van der Waals surface area contributed by atoms with Crippen molar-refractivity contribution in [3.8, 4) is 11.1 Å². The van der Waals surface area contributed by atoms with Crippen LogP contribution in [0.25, 0.3) is 11.1 Å². The molecule has 0 aromatic heterocycles. The van der Waals surface area contributed by atoms with Crippen molar-refractivity contribution in [3.05, 3.63) is 59.4 Å². The molecule has 23 heavy (non-hydrogen) atoms. The minimum atomic E-state index is -1.05. The van der Waals surface area contributed by atoms with Crippen LogP contribution in [0.4, 0.5) is 13.2 Å². The number of rotatable bonds is 4. The first-order valence-electron chi connectivity index (χ1n) is 7.21. The summed E-state index contributed by atoms with van der Waals surface area (Å²) in [7, 11) is 0. The van der Waals surface area contributed by atoms with E-state index >= 15 is 0 Å². The van der Waals surface area contributed by atoms with Crippen LogP contribution in [0.15, 0.2) is 36.4 Å². The van der Waals surface area contributed by atoms with Gasteiger partial charge < -0.3 is 10.1 Å². The first-order chi connectivity index (χ1) is 10.7. The highest BCUT2D eigenvalue weighted by molar-refractivity contribution is 5.85. The average molecular weight is 344 g/mol. The highest BCUT2D eigenvalue weighted by atomic mass is 35.5. The first kappa shape index (κ1) is 17.8. The topological polar surface area (TPSA) is 21.3 Å². The zero-order chi connectivity index (χ0) is 15.5. The second kappa shape index (κ2) is 7.81. The molecule has 6 heteroatoms. The van der Waals surface area contributed by atoms with Crippen LogP contribution in [0.5, 0.6) is 0 Å². The predicted octanol–water partition coefficient (Wildman–Crippen LogP) is 4.07. The molecule has 1 fully saturated rings. The number of hydrogen-bond acceptors (Lipinski definition) is 2. The Bertz CT molecular complexity index is 675. The van der Waals surface area contributed by atoms with Crippen LogP contribution in [0, 0.1) is 17.5 Å². The van der Waals surface area contributed by atoms with Gasteiger partial charge in [0.25, 0.3) is 0 Å². The van der Waals surface area contributed by atoms with E-state index in [0.29, 0.717) is 5.56 Å². The van der Waals surface area contributed by atoms with Gasteiger partial charge in [-0.2, -0.15) is 0 Å². The van der Waals surface area contributed by atoms with Crippen LogP contribution in [-0.4, -0.2) is 19.2 Å². The van der Waals surface area contributed by atoms with E-state index in [4.69, 9.17) is 4.74 Å². The molecule has 3 rings (SSSR count). The molecule has 2 nitrogen and oxygen atoms in total. The Balaban J connectivity index is 0.00000192. The summed E-state index contributed by atoms with van der Waals surface area (Å²) < 4.78 is 47.3. The molecule has 2 aromatic rings. The highest BCUT2D eigenvalue weighted by Crippen LogP contribution is 2.31. The Labute approximate surface area is 139 Å². The third-order valence-electron chi connectivity index (χ3n) is 3.81. The largest absolute Gasteiger partial charge is 0.372 e. The Morgan fingerprint density at radius 2 is 1.78 bits per heavy atom. The van der Waals surface area contributed by atoms with Gasteiger partial charge in [0.1, 0.15) is 5.82 Å². The molecule has 2 aromatic carbocycles. The maximum Gasteiger partial charge on any atom is 0.166 e. The molecular formula is C17H17ClF3NO. The van der Waals surface area contributed by atoms with Crippen LogP contribution < -0.4 is 5.32 Å². The predicted molar refractivity (Wildman–Crippen MR) is 85.1 cm³/mol. The molecule has 0 unspecified atom stereocenters. The van der Waals surface area contributed by atoms with E-state index in [1.54, 1.807) is 12.1 Å². The van der Waals surface area contributed by atoms with E-state index in [1.807, 2.05) is 0 Å². The monoisotopic (exact) mass is 343 g/mol. The number of benzene rings is 2. The van der Waals surface area contributed by atoms with Crippen LogP contribution in [0.2, 0.25) is 0 Å². The minimum Gasteiger partial charge on any atom is -0.372 e. The average Bonchev–Trinajstić information content (AvgIpc) is 3.02. The molecule has 1 aliphatic heterocycles. The van der Waals surface area contributed by atoms with E-state index < -0.39 is 17.5 Å². The van der Waals surface area contributed by atoms with Gasteiger partial charge in [0.05, 0.1) is 12.7 Å². The van der Waals surface area contributed by atoms with Crippen LogP contribution in [-0.2, 0) is 11.3 Å². The maximum absolute atomic E-state index is 14.2. The Morgan fingerprint density at radius 3 is 2.52 bits per heavy atom. The third kappa shape index (κ3) is 3.86. The lowest BCUT2D eigenvalue weighted by atomic mass is 9.98. The summed E-state index contributed by atoms with van der Waals surface area (Å²) in [6, 6.07) is 8.20. The molecule has 1 N–H and O–H groups in total. The Morgan fingerprint density at radius 1 is 1.04 bits per heavy atom. The molecule has 1 atom stereocenters. The molecule has 1 aliphatic rings. The van der Waals surface area contributed by atoms with Crippen molar-refractivity contribution in [2.75, 3.05) is 13.1 Å². The lowest BCUT2D eigenvalue weighted by Gasteiger charge is -2.15. The fourth-order valence-electron chi connectivity index (χ4n) is 2.67. The van der Waals surface area contributed by atoms with Crippen molar-refractivity contribution in [3.63, 3.8) is 0 Å². The first-order valence-corrected chi connectivity index (χ1v) is 7.21. The van der Waals surface area contributed by atoms with Crippen LogP contribution in [0.3, 0.4) is 0 Å². The molecule has 0 spiro atoms. The molecule has 0 aliphatic carbocycles. The molecule has 0 saturated carbocycles. The smallest absolute Gasteiger partial charge is 0.166 e. The molecule has 1 saturated heterocycles. The molecular weight excluding hydrogens is 327 g/mol. The summed E-state index contributed by atoms with van der Waals surface area (Å²) in [5.41, 5.74) is 0.489. The van der Waals surface area contributed by atoms with Gasteiger partial charge in [-0.3, -0.25) is 0 Å². The highest BCUT2D eigenvalue weighted by Gasteiger charge is 2.19. The van der Waals surface area contributed by atoms with E-state index in [1.165, 1.54) is 18.2 Å². The van der Waals surface area contributed by atoms with Gasteiger partial charge >= 0.3 is 0 Å². The van der Waals surface area contributed by atoms with Crippen molar-refractivity contribution < 1.29 is 17.9 Å². The number of nitrogens with one attached hydrogen (secondary N) is 1. The minimum absolute atomic E-state index is 0. The van der Waals surface area contributed by atoms with Crippen molar-refractivity contribution >= 4 is 12.4 Å². The SMILES string of the molecule is Cl.Fc1cccc(-c2c(F)cccc2CO[C@H]2CCNC2)c1F. The lowest BCUT2D eigenvalue weighted by Crippen LogP contribution is -2.16. The van der Waals surface area contributed by atoms with Gasteiger partial charge in [-0.05, 0) is 30.7 Å². The van der Waals surface area contributed by atoms with E-state index in [0.717, 1.165) is 25.6 Å². The summed E-state index contributed by atoms with van der Waals surface area (Å²) in [6.07, 6.45) is 0.951. The number of halogens is 4. The van der Waals surface area contributed by atoms with E-state index in [9.17, 15) is 13.2 Å². The number of ether oxygens (including phenoxy) is 1. The molecule has 0 radical (unpaired) electrons. The van der Waals surface area contributed by atoms with Crippen molar-refractivity contribution in [2.45, 2.75) is 19.1 Å². The fourth-order valence-corrected chi connectivity index (χ4v) is 2.67. The Kier molecular flexibility index (Phi) is 6.04. The second-order valence-corrected chi connectivity index (χ2v) is 5.30. The fraction of sp³-hybridized carbons (Fsp3) is 0.294. The molecule has 124 valence electrons. The Hall–Kier alpha value is -1.56. The normalized spacial score (nSPS) is 17.1. The summed E-state index contributed by atoms with van der Waals surface area (Å²) in [4.78, 5) is 0. The van der Waals surface area contributed by atoms with Crippen LogP contribution in [0.1, 0.15) is 12.0 Å². The standard InChI is InChI=1S/C17H16F3NO.ClH/c18-14-5-1-3-11(10-22-12-7-8-21-9-12)16(14)13-4-2-6-15(19)17(13)20;/h1-6,12,21H,7-10H2;1H/t12-;/m0./s1. The lowest BCUT2D eigenvalue weighted by molar-refractivity contribution is 0.0543. The van der Waals surface area contributed by atoms with Crippen molar-refractivity contribution in [1.82, 2.24) is 5.32 Å². The summed E-state index contributed by atoms with van der Waals surface area (Å²) in [5, 5.41) is 3.17. The van der Waals surface area contributed by atoms with Crippen LogP contribution >= 0.6 is 12.4 Å². The number of hydrogen-bond donors (Lipinski definition) is 1. The quantitative estimate of drug-likeness (QED) is 0.903. The zero-order valence-electron chi connectivity index (χ0n) is 12.3. The van der Waals surface area contributed by atoms with Gasteiger partial charge in [0, 0.05) is 17.7 Å². The van der Waals surface area contributed by atoms with Gasteiger partial charge in [-0.25, -0.2) is 13.2 Å². The summed E-state index contributed by atoms with van der Waals surface area (Å²) in [6.45, 7) is 1.80. The van der Waals surface area contributed by atoms with Gasteiger partial charge in [-0.1, -0.05) is 24.3 Å². The maximum atomic E-state index is 14.2. The molecule has 0 amide bonds. The van der Waals surface area contributed by atoms with Gasteiger partial charge in [0.15, 0.2) is 11.6 Å². The van der Waals surface area contributed by atoms with E-state index in [-0.39, 0.29) is 36.2 Å². The van der Waals surface area contributed by atoms with Crippen molar-refractivity contribution in [1.29, 1.82) is 0 Å². The summed E-state index contributed by atoms with van der Waals surface area (Å²) >= 11 is 0. The van der Waals surface area contributed by atoms with Gasteiger partial charge in [0.2, 0.25) is 0 Å². The third-order valence-corrected chi connectivity index (χ3v) is 3.81. The summed E-state index contributed by atoms with van der Waals surface area (Å²) in [5.74, 6) is -2.63. The zero-order valence-corrected chi connectivity index (χ0v) is 13.1. The van der Waals surface area contributed by atoms with Gasteiger partial charge in [-0.15, -0.1) is 12.4 Å². The molecule has 0 bridgehead atoms.